The summed E-state index contributed by atoms with van der Waals surface area (Å²) in [6, 6.07) is 7.65. The molecule has 1 aromatic carbocycles. The molecular weight excluding hydrogens is 386 g/mol. The van der Waals surface area contributed by atoms with Gasteiger partial charge in [-0.3, -0.25) is 9.20 Å². The molecule has 0 N–H and O–H groups in total. The molecule has 0 unspecified atom stereocenters. The number of carbonyl (C=O) groups excluding carboxylic acids is 1. The first-order valence-electron chi connectivity index (χ1n) is 8.59. The zero-order chi connectivity index (χ0) is 19.2. The molecule has 1 amide bonds. The van der Waals surface area contributed by atoms with Crippen molar-refractivity contribution in [3.63, 3.8) is 0 Å². The van der Waals surface area contributed by atoms with Crippen molar-refractivity contribution in [2.75, 3.05) is 40.5 Å². The van der Waals surface area contributed by atoms with Gasteiger partial charge in [0.2, 0.25) is 5.91 Å². The summed E-state index contributed by atoms with van der Waals surface area (Å²) < 4.78 is 12.2. The number of hydrogen-bond donors (Lipinski definition) is 0. The van der Waals surface area contributed by atoms with E-state index in [9.17, 15) is 4.79 Å². The molecule has 0 bridgehead atoms. The lowest BCUT2D eigenvalue weighted by molar-refractivity contribution is -0.135. The van der Waals surface area contributed by atoms with Crippen LogP contribution in [0.25, 0.3) is 16.2 Å². The second-order valence-corrected chi connectivity index (χ2v) is 7.34. The molecular formula is C19H22ClN3O3S. The highest BCUT2D eigenvalue weighted by Crippen LogP contribution is 2.25. The topological polar surface area (TPSA) is 56.1 Å². The van der Waals surface area contributed by atoms with E-state index in [1.54, 1.807) is 23.3 Å². The quantitative estimate of drug-likeness (QED) is 0.545. The van der Waals surface area contributed by atoms with Crippen LogP contribution in [0.3, 0.4) is 0 Å². The Morgan fingerprint density at radius 1 is 1.22 bits per heavy atom. The van der Waals surface area contributed by atoms with Crippen LogP contribution in [0.5, 0.6) is 0 Å². The SMILES string of the molecule is COCCN(CCc1csc2nc(-c3ccc(Cl)cc3)cn12)C(=O)COC. The number of nitrogens with zero attached hydrogens (tertiary/aromatic N) is 3. The van der Waals surface area contributed by atoms with Crippen LogP contribution in [0.15, 0.2) is 35.8 Å². The van der Waals surface area contributed by atoms with Crippen LogP contribution in [-0.4, -0.2) is 60.7 Å². The van der Waals surface area contributed by atoms with Crippen LogP contribution in [-0.2, 0) is 20.7 Å². The predicted octanol–water partition coefficient (Wildman–Crippen LogP) is 3.38. The number of ether oxygens (including phenoxy) is 2. The van der Waals surface area contributed by atoms with E-state index in [0.29, 0.717) is 24.7 Å². The lowest BCUT2D eigenvalue weighted by atomic mass is 10.2. The standard InChI is InChI=1S/C19H22ClN3O3S/c1-25-10-9-22(18(24)12-26-2)8-7-16-13-27-19-21-17(11-23(16)19)14-3-5-15(20)6-4-14/h3-6,11,13H,7-10,12H2,1-2H3. The van der Waals surface area contributed by atoms with Crippen molar-refractivity contribution in [3.8, 4) is 11.3 Å². The molecule has 8 heteroatoms. The fourth-order valence-electron chi connectivity index (χ4n) is 2.80. The van der Waals surface area contributed by atoms with Crippen molar-refractivity contribution in [2.24, 2.45) is 0 Å². The number of hydrogen-bond acceptors (Lipinski definition) is 5. The first kappa shape index (κ1) is 19.8. The van der Waals surface area contributed by atoms with Crippen molar-refractivity contribution < 1.29 is 14.3 Å². The van der Waals surface area contributed by atoms with Gasteiger partial charge in [-0.15, -0.1) is 11.3 Å². The Kier molecular flexibility index (Phi) is 6.84. The number of amides is 1. The number of imidazole rings is 1. The van der Waals surface area contributed by atoms with Crippen molar-refractivity contribution in [2.45, 2.75) is 6.42 Å². The summed E-state index contributed by atoms with van der Waals surface area (Å²) in [4.78, 5) is 19.6. The van der Waals surface area contributed by atoms with Crippen LogP contribution < -0.4 is 0 Å². The summed E-state index contributed by atoms with van der Waals surface area (Å²) >= 11 is 7.56. The maximum atomic E-state index is 12.2. The summed E-state index contributed by atoms with van der Waals surface area (Å²) in [5.41, 5.74) is 3.06. The Morgan fingerprint density at radius 2 is 2.00 bits per heavy atom. The largest absolute Gasteiger partial charge is 0.383 e. The van der Waals surface area contributed by atoms with E-state index < -0.39 is 0 Å². The average Bonchev–Trinajstić information content (AvgIpc) is 3.24. The molecule has 2 heterocycles. The predicted molar refractivity (Wildman–Crippen MR) is 108 cm³/mol. The molecule has 0 aliphatic heterocycles. The maximum absolute atomic E-state index is 12.2. The Hall–Kier alpha value is -1.93. The summed E-state index contributed by atoms with van der Waals surface area (Å²) in [5, 5.41) is 2.79. The van der Waals surface area contributed by atoms with E-state index in [0.717, 1.165) is 28.3 Å². The van der Waals surface area contributed by atoms with Crippen LogP contribution in [0, 0.1) is 0 Å². The van der Waals surface area contributed by atoms with Crippen LogP contribution in [0.4, 0.5) is 0 Å². The Balaban J connectivity index is 1.74. The van der Waals surface area contributed by atoms with Crippen molar-refractivity contribution >= 4 is 33.8 Å². The van der Waals surface area contributed by atoms with Gasteiger partial charge in [-0.1, -0.05) is 23.7 Å². The second-order valence-electron chi connectivity index (χ2n) is 6.07. The van der Waals surface area contributed by atoms with Gasteiger partial charge in [0.05, 0.1) is 12.3 Å². The monoisotopic (exact) mass is 407 g/mol. The summed E-state index contributed by atoms with van der Waals surface area (Å²) in [6.07, 6.45) is 2.76. The van der Waals surface area contributed by atoms with Crippen LogP contribution in [0.2, 0.25) is 5.02 Å². The van der Waals surface area contributed by atoms with E-state index >= 15 is 0 Å². The lowest BCUT2D eigenvalue weighted by Gasteiger charge is -2.21. The number of carbonyl (C=O) groups is 1. The Morgan fingerprint density at radius 3 is 2.70 bits per heavy atom. The second kappa shape index (κ2) is 9.32. The highest BCUT2D eigenvalue weighted by atomic mass is 35.5. The molecule has 0 spiro atoms. The average molecular weight is 408 g/mol. The minimum absolute atomic E-state index is 0.0338. The van der Waals surface area contributed by atoms with Gasteiger partial charge in [0.25, 0.3) is 0 Å². The number of fused-ring (bicyclic) bond motifs is 1. The molecule has 3 aromatic rings. The molecule has 6 nitrogen and oxygen atoms in total. The molecule has 0 radical (unpaired) electrons. The summed E-state index contributed by atoms with van der Waals surface area (Å²) in [5.74, 6) is -0.0338. The molecule has 144 valence electrons. The molecule has 3 rings (SSSR count). The zero-order valence-corrected chi connectivity index (χ0v) is 16.9. The Labute approximate surface area is 167 Å². The van der Waals surface area contributed by atoms with Gasteiger partial charge in [0.1, 0.15) is 6.61 Å². The minimum Gasteiger partial charge on any atom is -0.383 e. The maximum Gasteiger partial charge on any atom is 0.248 e. The fraction of sp³-hybridized carbons (Fsp3) is 0.368. The van der Waals surface area contributed by atoms with E-state index in [1.165, 1.54) is 7.11 Å². The molecule has 0 aliphatic carbocycles. The number of halogens is 1. The molecule has 0 aliphatic rings. The van der Waals surface area contributed by atoms with Gasteiger partial charge >= 0.3 is 0 Å². The molecule has 27 heavy (non-hydrogen) atoms. The van der Waals surface area contributed by atoms with Crippen molar-refractivity contribution in [3.05, 3.63) is 46.6 Å². The van der Waals surface area contributed by atoms with Gasteiger partial charge in [0, 0.05) is 61.6 Å². The Bertz CT molecular complexity index is 891. The lowest BCUT2D eigenvalue weighted by Crippen LogP contribution is -2.37. The van der Waals surface area contributed by atoms with Crippen LogP contribution in [0.1, 0.15) is 5.69 Å². The van der Waals surface area contributed by atoms with Gasteiger partial charge in [-0.25, -0.2) is 4.98 Å². The molecule has 0 saturated carbocycles. The van der Waals surface area contributed by atoms with Gasteiger partial charge in [-0.05, 0) is 12.1 Å². The highest BCUT2D eigenvalue weighted by molar-refractivity contribution is 7.15. The first-order chi connectivity index (χ1) is 13.1. The van der Waals surface area contributed by atoms with E-state index in [-0.39, 0.29) is 12.5 Å². The zero-order valence-electron chi connectivity index (χ0n) is 15.4. The van der Waals surface area contributed by atoms with Crippen molar-refractivity contribution in [1.82, 2.24) is 14.3 Å². The molecule has 0 atom stereocenters. The number of benzene rings is 1. The number of methoxy groups -OCH3 is 2. The summed E-state index contributed by atoms with van der Waals surface area (Å²) in [7, 11) is 3.16. The number of aromatic nitrogens is 2. The smallest absolute Gasteiger partial charge is 0.248 e. The third kappa shape index (κ3) is 4.87. The molecule has 2 aromatic heterocycles. The molecule has 0 fully saturated rings. The van der Waals surface area contributed by atoms with E-state index in [2.05, 4.69) is 9.78 Å². The third-order valence-corrected chi connectivity index (χ3v) is 5.39. The summed E-state index contributed by atoms with van der Waals surface area (Å²) in [6.45, 7) is 1.73. The highest BCUT2D eigenvalue weighted by Gasteiger charge is 2.15. The fourth-order valence-corrected chi connectivity index (χ4v) is 3.83. The first-order valence-corrected chi connectivity index (χ1v) is 9.85. The normalized spacial score (nSPS) is 11.2. The number of thiazole rings is 1. The van der Waals surface area contributed by atoms with Crippen LogP contribution >= 0.6 is 22.9 Å². The molecule has 0 saturated heterocycles. The van der Waals surface area contributed by atoms with Gasteiger partial charge in [-0.2, -0.15) is 0 Å². The van der Waals surface area contributed by atoms with Gasteiger partial charge < -0.3 is 14.4 Å². The van der Waals surface area contributed by atoms with E-state index in [1.807, 2.05) is 30.5 Å². The van der Waals surface area contributed by atoms with E-state index in [4.69, 9.17) is 26.1 Å². The van der Waals surface area contributed by atoms with Gasteiger partial charge in [0.15, 0.2) is 4.96 Å². The van der Waals surface area contributed by atoms with Crippen molar-refractivity contribution in [1.29, 1.82) is 0 Å². The number of rotatable bonds is 9. The minimum atomic E-state index is -0.0338. The third-order valence-electron chi connectivity index (χ3n) is 4.25.